The topological polar surface area (TPSA) is 12.0 Å². The van der Waals surface area contributed by atoms with Gasteiger partial charge in [-0.05, 0) is 37.8 Å². The van der Waals surface area contributed by atoms with Crippen molar-refractivity contribution >= 4 is 0 Å². The van der Waals surface area contributed by atoms with Gasteiger partial charge in [0.1, 0.15) is 0 Å². The maximum absolute atomic E-state index is 3.54. The molecule has 2 saturated heterocycles. The maximum Gasteiger partial charge on any atom is 0.00841 e. The van der Waals surface area contributed by atoms with Crippen LogP contribution in [-0.4, -0.2) is 13.1 Å². The highest BCUT2D eigenvalue weighted by Crippen LogP contribution is 2.49. The molecule has 0 aromatic heterocycles. The van der Waals surface area contributed by atoms with E-state index in [9.17, 15) is 0 Å². The monoisotopic (exact) mass is 187 g/mol. The van der Waals surface area contributed by atoms with Gasteiger partial charge < -0.3 is 5.32 Å². The van der Waals surface area contributed by atoms with Crippen LogP contribution in [0.3, 0.4) is 0 Å². The Bertz CT molecular complexity index is 344. The predicted octanol–water partition coefficient (Wildman–Crippen LogP) is 2.25. The zero-order valence-electron chi connectivity index (χ0n) is 8.72. The molecule has 1 N–H and O–H groups in total. The lowest BCUT2D eigenvalue weighted by Gasteiger charge is -2.53. The summed E-state index contributed by atoms with van der Waals surface area (Å²) in [7, 11) is 0. The number of fused-ring (bicyclic) bond motifs is 2. The molecule has 1 saturated carbocycles. The van der Waals surface area contributed by atoms with Gasteiger partial charge >= 0.3 is 0 Å². The Morgan fingerprint density at radius 1 is 1.36 bits per heavy atom. The highest BCUT2D eigenvalue weighted by Gasteiger charge is 2.47. The van der Waals surface area contributed by atoms with Crippen molar-refractivity contribution in [2.24, 2.45) is 5.92 Å². The van der Waals surface area contributed by atoms with E-state index in [1.807, 2.05) is 0 Å². The second kappa shape index (κ2) is 2.83. The molecular formula is C13H17N. The molecule has 0 spiro atoms. The molecule has 2 bridgehead atoms. The molecule has 2 aliphatic heterocycles. The van der Waals surface area contributed by atoms with Crippen LogP contribution >= 0.6 is 0 Å². The standard InChI is InChI=1S/C13H17N/c1-10-3-2-4-12(5-10)13-6-11(7-13)8-14-9-13/h2-5,11,14H,6-9H2,1H3. The molecule has 3 aliphatic rings. The third kappa shape index (κ3) is 1.12. The lowest BCUT2D eigenvalue weighted by Crippen LogP contribution is -2.57. The lowest BCUT2D eigenvalue weighted by molar-refractivity contribution is 0.0900. The fourth-order valence-electron chi connectivity index (χ4n) is 3.16. The molecule has 2 heterocycles. The molecule has 1 nitrogen and oxygen atoms in total. The van der Waals surface area contributed by atoms with E-state index >= 15 is 0 Å². The summed E-state index contributed by atoms with van der Waals surface area (Å²) in [6, 6.07) is 9.05. The third-order valence-corrected chi connectivity index (χ3v) is 3.89. The van der Waals surface area contributed by atoms with Crippen LogP contribution in [0.15, 0.2) is 24.3 Å². The third-order valence-electron chi connectivity index (χ3n) is 3.89. The molecule has 1 aromatic rings. The first-order valence-electron chi connectivity index (χ1n) is 5.56. The normalized spacial score (nSPS) is 35.1. The van der Waals surface area contributed by atoms with E-state index in [2.05, 4.69) is 36.5 Å². The fraction of sp³-hybridized carbons (Fsp3) is 0.538. The lowest BCUT2D eigenvalue weighted by atomic mass is 9.56. The number of hydrogen-bond donors (Lipinski definition) is 1. The molecule has 3 fully saturated rings. The highest BCUT2D eigenvalue weighted by atomic mass is 14.9. The average molecular weight is 187 g/mol. The Morgan fingerprint density at radius 3 is 2.86 bits per heavy atom. The van der Waals surface area contributed by atoms with Gasteiger partial charge in [0.2, 0.25) is 0 Å². The number of benzene rings is 1. The smallest absolute Gasteiger partial charge is 0.00841 e. The van der Waals surface area contributed by atoms with Crippen LogP contribution in [0.5, 0.6) is 0 Å². The Labute approximate surface area is 85.5 Å². The van der Waals surface area contributed by atoms with E-state index in [1.165, 1.54) is 31.5 Å². The number of aryl methyl sites for hydroxylation is 1. The summed E-state index contributed by atoms with van der Waals surface area (Å²) in [5.74, 6) is 0.948. The minimum Gasteiger partial charge on any atom is -0.316 e. The Kier molecular flexibility index (Phi) is 1.72. The van der Waals surface area contributed by atoms with E-state index < -0.39 is 0 Å². The molecule has 4 rings (SSSR count). The fourth-order valence-corrected chi connectivity index (χ4v) is 3.16. The minimum absolute atomic E-state index is 0.495. The first-order chi connectivity index (χ1) is 6.78. The van der Waals surface area contributed by atoms with E-state index in [1.54, 1.807) is 5.56 Å². The van der Waals surface area contributed by atoms with Crippen molar-refractivity contribution in [3.8, 4) is 0 Å². The highest BCUT2D eigenvalue weighted by molar-refractivity contribution is 5.34. The largest absolute Gasteiger partial charge is 0.316 e. The summed E-state index contributed by atoms with van der Waals surface area (Å²) in [6.45, 7) is 4.62. The average Bonchev–Trinajstić information content (AvgIpc) is 2.17. The first-order valence-corrected chi connectivity index (χ1v) is 5.56. The Hall–Kier alpha value is -0.820. The summed E-state index contributed by atoms with van der Waals surface area (Å²) >= 11 is 0. The van der Waals surface area contributed by atoms with Crippen molar-refractivity contribution in [3.05, 3.63) is 35.4 Å². The van der Waals surface area contributed by atoms with Crippen LogP contribution < -0.4 is 5.32 Å². The van der Waals surface area contributed by atoms with Crippen molar-refractivity contribution < 1.29 is 0 Å². The van der Waals surface area contributed by atoms with Gasteiger partial charge in [0, 0.05) is 12.0 Å². The van der Waals surface area contributed by atoms with E-state index in [-0.39, 0.29) is 0 Å². The van der Waals surface area contributed by atoms with E-state index in [4.69, 9.17) is 0 Å². The second-order valence-electron chi connectivity index (χ2n) is 5.05. The minimum atomic E-state index is 0.495. The van der Waals surface area contributed by atoms with Gasteiger partial charge in [-0.25, -0.2) is 0 Å². The van der Waals surface area contributed by atoms with Gasteiger partial charge in [-0.2, -0.15) is 0 Å². The summed E-state index contributed by atoms with van der Waals surface area (Å²) in [5, 5.41) is 3.54. The molecule has 0 amide bonds. The molecule has 0 radical (unpaired) electrons. The molecule has 0 atom stereocenters. The number of hydrogen-bond acceptors (Lipinski definition) is 1. The van der Waals surface area contributed by atoms with Crippen molar-refractivity contribution in [1.29, 1.82) is 0 Å². The second-order valence-corrected chi connectivity index (χ2v) is 5.05. The maximum atomic E-state index is 3.54. The molecule has 1 heteroatoms. The van der Waals surface area contributed by atoms with Crippen LogP contribution in [0.2, 0.25) is 0 Å². The van der Waals surface area contributed by atoms with Gasteiger partial charge in [-0.15, -0.1) is 0 Å². The number of rotatable bonds is 1. The van der Waals surface area contributed by atoms with Gasteiger partial charge in [0.25, 0.3) is 0 Å². The van der Waals surface area contributed by atoms with E-state index in [0.717, 1.165) is 5.92 Å². The molecule has 1 aliphatic carbocycles. The van der Waals surface area contributed by atoms with Gasteiger partial charge in [-0.3, -0.25) is 0 Å². The van der Waals surface area contributed by atoms with Crippen molar-refractivity contribution in [2.75, 3.05) is 13.1 Å². The Balaban J connectivity index is 1.95. The predicted molar refractivity (Wildman–Crippen MR) is 58.5 cm³/mol. The summed E-state index contributed by atoms with van der Waals surface area (Å²) in [4.78, 5) is 0. The quantitative estimate of drug-likeness (QED) is 0.711. The molecular weight excluding hydrogens is 170 g/mol. The van der Waals surface area contributed by atoms with E-state index in [0.29, 0.717) is 5.41 Å². The molecule has 14 heavy (non-hydrogen) atoms. The van der Waals surface area contributed by atoms with Crippen LogP contribution in [0, 0.1) is 12.8 Å². The van der Waals surface area contributed by atoms with Gasteiger partial charge in [0.15, 0.2) is 0 Å². The SMILES string of the molecule is Cc1cccc(C23CNCC(C2)C3)c1. The zero-order chi connectivity index (χ0) is 9.60. The Morgan fingerprint density at radius 2 is 2.21 bits per heavy atom. The van der Waals surface area contributed by atoms with Crippen LogP contribution in [-0.2, 0) is 5.41 Å². The molecule has 74 valence electrons. The summed E-state index contributed by atoms with van der Waals surface area (Å²) < 4.78 is 0. The van der Waals surface area contributed by atoms with Crippen molar-refractivity contribution in [2.45, 2.75) is 25.2 Å². The first kappa shape index (κ1) is 8.49. The van der Waals surface area contributed by atoms with Crippen molar-refractivity contribution in [3.63, 3.8) is 0 Å². The molecule has 0 unspecified atom stereocenters. The number of piperidine rings is 2. The van der Waals surface area contributed by atoms with Crippen LogP contribution in [0.4, 0.5) is 0 Å². The van der Waals surface area contributed by atoms with Crippen LogP contribution in [0.1, 0.15) is 24.0 Å². The summed E-state index contributed by atoms with van der Waals surface area (Å²) in [5.41, 5.74) is 3.45. The molecule has 1 aromatic carbocycles. The zero-order valence-corrected chi connectivity index (χ0v) is 8.72. The van der Waals surface area contributed by atoms with Crippen LogP contribution in [0.25, 0.3) is 0 Å². The summed E-state index contributed by atoms with van der Waals surface area (Å²) in [6.07, 6.45) is 2.81. The van der Waals surface area contributed by atoms with Gasteiger partial charge in [0.05, 0.1) is 0 Å². The van der Waals surface area contributed by atoms with Crippen molar-refractivity contribution in [1.82, 2.24) is 5.32 Å². The number of nitrogens with one attached hydrogen (secondary N) is 1. The van der Waals surface area contributed by atoms with Gasteiger partial charge in [-0.1, -0.05) is 29.8 Å².